The highest BCUT2D eigenvalue weighted by molar-refractivity contribution is 5.51. The lowest BCUT2D eigenvalue weighted by molar-refractivity contribution is 0.295. The molecule has 0 radical (unpaired) electrons. The van der Waals surface area contributed by atoms with Gasteiger partial charge in [-0.3, -0.25) is 0 Å². The maximum atomic E-state index is 5.73. The molecule has 1 fully saturated rings. The summed E-state index contributed by atoms with van der Waals surface area (Å²) in [7, 11) is 0. The smallest absolute Gasteiger partial charge is 0.247 e. The van der Waals surface area contributed by atoms with Gasteiger partial charge in [-0.25, -0.2) is 0 Å². The Morgan fingerprint density at radius 2 is 1.88 bits per heavy atom. The summed E-state index contributed by atoms with van der Waals surface area (Å²) >= 11 is 0. The molecule has 3 rings (SSSR count). The number of nitrogens with two attached hydrogens (primary N) is 1. The summed E-state index contributed by atoms with van der Waals surface area (Å²) in [5, 5.41) is 8.13. The monoisotopic (exact) mass is 215 g/mol. The van der Waals surface area contributed by atoms with Crippen LogP contribution in [0.25, 0.3) is 11.5 Å². The number of rotatable bonds is 2. The Labute approximate surface area is 93.5 Å². The molecule has 0 unspecified atom stereocenters. The zero-order chi connectivity index (χ0) is 11.0. The molecular formula is C12H13N3O. The Balaban J connectivity index is 1.83. The molecular weight excluding hydrogens is 202 g/mol. The van der Waals surface area contributed by atoms with E-state index in [1.54, 1.807) is 0 Å². The van der Waals surface area contributed by atoms with Gasteiger partial charge in [0.05, 0.1) is 0 Å². The van der Waals surface area contributed by atoms with Crippen molar-refractivity contribution in [2.75, 3.05) is 0 Å². The van der Waals surface area contributed by atoms with Gasteiger partial charge >= 0.3 is 0 Å². The summed E-state index contributed by atoms with van der Waals surface area (Å²) in [6.45, 7) is 0. The van der Waals surface area contributed by atoms with Crippen LogP contribution in [0.4, 0.5) is 0 Å². The summed E-state index contributed by atoms with van der Waals surface area (Å²) in [6.07, 6.45) is 1.91. The highest BCUT2D eigenvalue weighted by Crippen LogP contribution is 2.35. The lowest BCUT2D eigenvalue weighted by atomic mass is 9.81. The molecule has 2 aromatic rings. The molecule has 1 aliphatic carbocycles. The van der Waals surface area contributed by atoms with Crippen molar-refractivity contribution < 1.29 is 4.42 Å². The molecule has 1 aromatic heterocycles. The second-order valence-electron chi connectivity index (χ2n) is 4.24. The fourth-order valence-electron chi connectivity index (χ4n) is 1.96. The molecule has 1 aliphatic rings. The van der Waals surface area contributed by atoms with Crippen molar-refractivity contribution in [3.8, 4) is 11.5 Å². The number of benzene rings is 1. The predicted octanol–water partition coefficient (Wildman–Crippen LogP) is 1.94. The maximum Gasteiger partial charge on any atom is 0.247 e. The Hall–Kier alpha value is -1.68. The number of hydrogen-bond donors (Lipinski definition) is 1. The average Bonchev–Trinajstić information content (AvgIpc) is 2.75. The van der Waals surface area contributed by atoms with Crippen LogP contribution < -0.4 is 5.73 Å². The van der Waals surface area contributed by atoms with Crippen molar-refractivity contribution in [1.29, 1.82) is 0 Å². The van der Waals surface area contributed by atoms with Gasteiger partial charge < -0.3 is 10.2 Å². The molecule has 82 valence electrons. The molecule has 4 heteroatoms. The molecule has 1 saturated carbocycles. The summed E-state index contributed by atoms with van der Waals surface area (Å²) in [5.74, 6) is 1.68. The third-order valence-corrected chi connectivity index (χ3v) is 2.99. The Morgan fingerprint density at radius 3 is 2.56 bits per heavy atom. The first kappa shape index (κ1) is 9.54. The quantitative estimate of drug-likeness (QED) is 0.831. The molecule has 4 nitrogen and oxygen atoms in total. The van der Waals surface area contributed by atoms with Crippen LogP contribution in [0.1, 0.15) is 24.7 Å². The molecule has 0 amide bonds. The van der Waals surface area contributed by atoms with Crippen molar-refractivity contribution in [3.05, 3.63) is 36.2 Å². The maximum absolute atomic E-state index is 5.73. The summed E-state index contributed by atoms with van der Waals surface area (Å²) < 4.78 is 5.64. The minimum absolute atomic E-state index is 0.303. The first-order valence-corrected chi connectivity index (χ1v) is 5.47. The molecule has 0 bridgehead atoms. The molecule has 0 saturated heterocycles. The van der Waals surface area contributed by atoms with E-state index in [1.165, 1.54) is 0 Å². The topological polar surface area (TPSA) is 64.9 Å². The summed E-state index contributed by atoms with van der Waals surface area (Å²) in [4.78, 5) is 0. The lowest BCUT2D eigenvalue weighted by Crippen LogP contribution is -2.34. The second-order valence-corrected chi connectivity index (χ2v) is 4.24. The van der Waals surface area contributed by atoms with Gasteiger partial charge in [-0.15, -0.1) is 10.2 Å². The van der Waals surface area contributed by atoms with E-state index < -0.39 is 0 Å². The summed E-state index contributed by atoms with van der Waals surface area (Å²) in [5.41, 5.74) is 6.70. The van der Waals surface area contributed by atoms with E-state index in [1.807, 2.05) is 30.3 Å². The van der Waals surface area contributed by atoms with Gasteiger partial charge in [0, 0.05) is 17.5 Å². The molecule has 2 N–H and O–H groups in total. The van der Waals surface area contributed by atoms with Gasteiger partial charge in [-0.05, 0) is 25.0 Å². The Morgan fingerprint density at radius 1 is 1.12 bits per heavy atom. The van der Waals surface area contributed by atoms with E-state index in [0.717, 1.165) is 24.3 Å². The average molecular weight is 215 g/mol. The second kappa shape index (κ2) is 3.72. The van der Waals surface area contributed by atoms with Crippen LogP contribution in [0, 0.1) is 0 Å². The summed E-state index contributed by atoms with van der Waals surface area (Å²) in [6, 6.07) is 10.1. The van der Waals surface area contributed by atoms with Gasteiger partial charge in [-0.2, -0.15) is 0 Å². The first-order valence-electron chi connectivity index (χ1n) is 5.47. The molecule has 1 heterocycles. The van der Waals surface area contributed by atoms with Crippen LogP contribution in [0.15, 0.2) is 34.7 Å². The Bertz CT molecular complexity index is 474. The van der Waals surface area contributed by atoms with Gasteiger partial charge in [0.2, 0.25) is 11.8 Å². The van der Waals surface area contributed by atoms with Gasteiger partial charge in [0.1, 0.15) is 0 Å². The van der Waals surface area contributed by atoms with E-state index in [4.69, 9.17) is 10.2 Å². The third-order valence-electron chi connectivity index (χ3n) is 2.99. The molecule has 0 atom stereocenters. The van der Waals surface area contributed by atoms with Gasteiger partial charge in [0.15, 0.2) is 0 Å². The van der Waals surface area contributed by atoms with Crippen molar-refractivity contribution >= 4 is 0 Å². The van der Waals surface area contributed by atoms with Crippen LogP contribution in [0.3, 0.4) is 0 Å². The van der Waals surface area contributed by atoms with Crippen LogP contribution in [-0.2, 0) is 0 Å². The van der Waals surface area contributed by atoms with Crippen molar-refractivity contribution in [2.45, 2.75) is 24.8 Å². The highest BCUT2D eigenvalue weighted by Gasteiger charge is 2.31. The van der Waals surface area contributed by atoms with Crippen LogP contribution >= 0.6 is 0 Å². The SMILES string of the molecule is NC1CC(c2nnc(-c3ccccc3)o2)C1. The van der Waals surface area contributed by atoms with E-state index in [-0.39, 0.29) is 0 Å². The fourth-order valence-corrected chi connectivity index (χ4v) is 1.96. The highest BCUT2D eigenvalue weighted by atomic mass is 16.4. The molecule has 0 aliphatic heterocycles. The van der Waals surface area contributed by atoms with E-state index >= 15 is 0 Å². The zero-order valence-electron chi connectivity index (χ0n) is 8.84. The Kier molecular flexibility index (Phi) is 2.22. The van der Waals surface area contributed by atoms with E-state index in [0.29, 0.717) is 17.9 Å². The number of hydrogen-bond acceptors (Lipinski definition) is 4. The van der Waals surface area contributed by atoms with Crippen molar-refractivity contribution in [3.63, 3.8) is 0 Å². The molecule has 1 aromatic carbocycles. The van der Waals surface area contributed by atoms with E-state index in [2.05, 4.69) is 10.2 Å². The van der Waals surface area contributed by atoms with Crippen LogP contribution in [0.2, 0.25) is 0 Å². The van der Waals surface area contributed by atoms with Gasteiger partial charge in [0.25, 0.3) is 0 Å². The zero-order valence-corrected chi connectivity index (χ0v) is 8.84. The van der Waals surface area contributed by atoms with Crippen LogP contribution in [-0.4, -0.2) is 16.2 Å². The largest absolute Gasteiger partial charge is 0.420 e. The first-order chi connectivity index (χ1) is 7.83. The standard InChI is InChI=1S/C12H13N3O/c13-10-6-9(7-10)12-15-14-11(16-12)8-4-2-1-3-5-8/h1-5,9-10H,6-7,13H2. The van der Waals surface area contributed by atoms with Crippen LogP contribution in [0.5, 0.6) is 0 Å². The van der Waals surface area contributed by atoms with E-state index in [9.17, 15) is 0 Å². The minimum atomic E-state index is 0.303. The van der Waals surface area contributed by atoms with Crippen molar-refractivity contribution in [1.82, 2.24) is 10.2 Å². The molecule has 0 spiro atoms. The fraction of sp³-hybridized carbons (Fsp3) is 0.333. The minimum Gasteiger partial charge on any atom is -0.420 e. The number of nitrogens with zero attached hydrogens (tertiary/aromatic N) is 2. The normalized spacial score (nSPS) is 24.1. The van der Waals surface area contributed by atoms with Gasteiger partial charge in [-0.1, -0.05) is 18.2 Å². The lowest BCUT2D eigenvalue weighted by Gasteiger charge is -2.29. The number of aromatic nitrogens is 2. The molecule has 16 heavy (non-hydrogen) atoms. The predicted molar refractivity (Wildman–Crippen MR) is 59.7 cm³/mol. The van der Waals surface area contributed by atoms with Crippen molar-refractivity contribution in [2.24, 2.45) is 5.73 Å². The third kappa shape index (κ3) is 1.61.